The predicted molar refractivity (Wildman–Crippen MR) is 177 cm³/mol. The molecule has 0 N–H and O–H groups in total. The van der Waals surface area contributed by atoms with Gasteiger partial charge >= 0.3 is 12.1 Å². The number of nitrogens with zero attached hydrogens (tertiary/aromatic N) is 1. The molecule has 246 valence electrons. The van der Waals surface area contributed by atoms with Gasteiger partial charge in [0.25, 0.3) is 0 Å². The Bertz CT molecular complexity index is 1480. The first kappa shape index (κ1) is 33.8. The van der Waals surface area contributed by atoms with E-state index in [9.17, 15) is 9.59 Å². The van der Waals surface area contributed by atoms with Crippen molar-refractivity contribution in [3.8, 4) is 0 Å². The highest BCUT2D eigenvalue weighted by atomic mass is 16.7. The zero-order chi connectivity index (χ0) is 33.0. The summed E-state index contributed by atoms with van der Waals surface area (Å²) in [5.41, 5.74) is 3.13. The minimum atomic E-state index is -0.987. The van der Waals surface area contributed by atoms with Gasteiger partial charge in [0.05, 0.1) is 30.7 Å². The summed E-state index contributed by atoms with van der Waals surface area (Å²) >= 11 is 0. The number of anilines is 2. The number of amides is 1. The normalized spacial score (nSPS) is 20.8. The van der Waals surface area contributed by atoms with Gasteiger partial charge in [0.1, 0.15) is 24.9 Å². The van der Waals surface area contributed by atoms with Crippen LogP contribution in [0, 0.1) is 0 Å². The second kappa shape index (κ2) is 16.9. The lowest BCUT2D eigenvalue weighted by atomic mass is 9.98. The fraction of sp³-hybridized carbons (Fsp3) is 0.316. The molecule has 1 aliphatic heterocycles. The van der Waals surface area contributed by atoms with E-state index in [1.165, 1.54) is 11.8 Å². The zero-order valence-corrected chi connectivity index (χ0v) is 26.8. The summed E-state index contributed by atoms with van der Waals surface area (Å²) in [6.07, 6.45) is -5.33. The van der Waals surface area contributed by atoms with Crippen molar-refractivity contribution in [2.45, 2.75) is 70.8 Å². The first-order chi connectivity index (χ1) is 22.9. The first-order valence-electron chi connectivity index (χ1n) is 15.7. The maximum atomic E-state index is 13.7. The molecule has 0 unspecified atom stereocenters. The lowest BCUT2D eigenvalue weighted by molar-refractivity contribution is -0.327. The minimum absolute atomic E-state index is 0.213. The van der Waals surface area contributed by atoms with Crippen molar-refractivity contribution in [2.24, 2.45) is 0 Å². The molecule has 5 atom stereocenters. The topological polar surface area (TPSA) is 92.8 Å². The van der Waals surface area contributed by atoms with E-state index in [-0.39, 0.29) is 25.9 Å². The number of benzene rings is 4. The lowest BCUT2D eigenvalue weighted by Crippen LogP contribution is -2.62. The summed E-state index contributed by atoms with van der Waals surface area (Å²) in [4.78, 5) is 27.7. The Morgan fingerprint density at radius 3 is 1.62 bits per heavy atom. The highest BCUT2D eigenvalue weighted by Crippen LogP contribution is 2.32. The molecule has 0 bridgehead atoms. The molecule has 1 aliphatic rings. The van der Waals surface area contributed by atoms with E-state index in [1.807, 2.05) is 135 Å². The number of ether oxygens (including phenoxy) is 6. The molecule has 9 heteroatoms. The Kier molecular flexibility index (Phi) is 12.1. The third-order valence-corrected chi connectivity index (χ3v) is 7.45. The van der Waals surface area contributed by atoms with Gasteiger partial charge in [-0.15, -0.1) is 0 Å². The average Bonchev–Trinajstić information content (AvgIpc) is 3.08. The van der Waals surface area contributed by atoms with Crippen LogP contribution in [0.15, 0.2) is 121 Å². The Hall–Kier alpha value is -4.54. The maximum absolute atomic E-state index is 13.7. The van der Waals surface area contributed by atoms with Crippen molar-refractivity contribution >= 4 is 23.4 Å². The molecule has 9 nitrogen and oxygen atoms in total. The van der Waals surface area contributed by atoms with Crippen LogP contribution in [0.1, 0.15) is 31.9 Å². The standard InChI is InChI=1S/C38H41NO8/c1-27(2)45-37-36(43-25-30-18-10-5-11-19-30)35(42-24-29-16-8-4-9-17-29)34(46-28(3)40)33(47-37)26-44-38(41)39(31-20-12-6-13-21-31)32-22-14-7-15-23-32/h4-23,27,33-37H,24-26H2,1-3H3/t33-,34-,35+,36-,37-/m1/s1. The van der Waals surface area contributed by atoms with Crippen molar-refractivity contribution in [3.63, 3.8) is 0 Å². The van der Waals surface area contributed by atoms with Crippen LogP contribution < -0.4 is 4.90 Å². The quantitative estimate of drug-likeness (QED) is 0.142. The van der Waals surface area contributed by atoms with E-state index in [0.29, 0.717) is 11.4 Å². The fourth-order valence-corrected chi connectivity index (χ4v) is 5.36. The van der Waals surface area contributed by atoms with E-state index in [1.54, 1.807) is 0 Å². The predicted octanol–water partition coefficient (Wildman–Crippen LogP) is 7.21. The van der Waals surface area contributed by atoms with Gasteiger partial charge in [-0.1, -0.05) is 97.1 Å². The Morgan fingerprint density at radius 1 is 0.681 bits per heavy atom. The van der Waals surface area contributed by atoms with Crippen molar-refractivity contribution < 1.29 is 38.0 Å². The average molecular weight is 640 g/mol. The van der Waals surface area contributed by atoms with Crippen LogP contribution in [0.3, 0.4) is 0 Å². The summed E-state index contributed by atoms with van der Waals surface area (Å²) in [5.74, 6) is -0.538. The molecule has 5 rings (SSSR count). The van der Waals surface area contributed by atoms with Crippen molar-refractivity contribution in [1.29, 1.82) is 0 Å². The second-order valence-corrected chi connectivity index (χ2v) is 11.4. The molecule has 0 spiro atoms. The van der Waals surface area contributed by atoms with Crippen LogP contribution in [0.5, 0.6) is 0 Å². The van der Waals surface area contributed by atoms with Gasteiger partial charge in [-0.25, -0.2) is 9.69 Å². The van der Waals surface area contributed by atoms with Gasteiger partial charge in [-0.05, 0) is 49.2 Å². The molecule has 0 aromatic heterocycles. The Balaban J connectivity index is 1.43. The number of esters is 1. The second-order valence-electron chi connectivity index (χ2n) is 11.4. The van der Waals surface area contributed by atoms with Crippen LogP contribution in [0.2, 0.25) is 0 Å². The molecule has 0 aliphatic carbocycles. The van der Waals surface area contributed by atoms with Crippen LogP contribution in [-0.4, -0.2) is 55.5 Å². The molecular formula is C38H41NO8. The van der Waals surface area contributed by atoms with Gasteiger partial charge in [-0.3, -0.25) is 4.79 Å². The van der Waals surface area contributed by atoms with E-state index in [4.69, 9.17) is 28.4 Å². The van der Waals surface area contributed by atoms with Gasteiger partial charge in [0.2, 0.25) is 0 Å². The van der Waals surface area contributed by atoms with Crippen molar-refractivity contribution in [3.05, 3.63) is 132 Å². The molecule has 0 radical (unpaired) electrons. The van der Waals surface area contributed by atoms with E-state index < -0.39 is 42.8 Å². The summed E-state index contributed by atoms with van der Waals surface area (Å²) in [6.45, 7) is 5.31. The molecule has 1 amide bonds. The van der Waals surface area contributed by atoms with Crippen LogP contribution in [0.25, 0.3) is 0 Å². The van der Waals surface area contributed by atoms with Crippen molar-refractivity contribution in [2.75, 3.05) is 11.5 Å². The number of hydrogen-bond donors (Lipinski definition) is 0. The zero-order valence-electron chi connectivity index (χ0n) is 26.8. The van der Waals surface area contributed by atoms with Gasteiger partial charge < -0.3 is 28.4 Å². The van der Waals surface area contributed by atoms with Gasteiger partial charge in [0.15, 0.2) is 12.4 Å². The van der Waals surface area contributed by atoms with Crippen LogP contribution >= 0.6 is 0 Å². The summed E-state index contributed by atoms with van der Waals surface area (Å²) in [6, 6.07) is 37.8. The first-order valence-corrected chi connectivity index (χ1v) is 15.7. The van der Waals surface area contributed by atoms with E-state index in [0.717, 1.165) is 11.1 Å². The molecule has 1 saturated heterocycles. The third kappa shape index (κ3) is 9.49. The maximum Gasteiger partial charge on any atom is 0.419 e. The largest absolute Gasteiger partial charge is 0.457 e. The van der Waals surface area contributed by atoms with Gasteiger partial charge in [-0.2, -0.15) is 0 Å². The minimum Gasteiger partial charge on any atom is -0.457 e. The number of carbonyl (C=O) groups is 2. The van der Waals surface area contributed by atoms with E-state index in [2.05, 4.69) is 0 Å². The van der Waals surface area contributed by atoms with E-state index >= 15 is 0 Å². The molecule has 4 aromatic rings. The molecule has 47 heavy (non-hydrogen) atoms. The number of rotatable bonds is 13. The van der Waals surface area contributed by atoms with Gasteiger partial charge in [0, 0.05) is 6.92 Å². The highest BCUT2D eigenvalue weighted by Gasteiger charge is 2.51. The fourth-order valence-electron chi connectivity index (χ4n) is 5.36. The highest BCUT2D eigenvalue weighted by molar-refractivity contribution is 5.95. The summed E-state index contributed by atoms with van der Waals surface area (Å²) < 4.78 is 37.4. The number of hydrogen-bond acceptors (Lipinski definition) is 8. The van der Waals surface area contributed by atoms with Crippen molar-refractivity contribution in [1.82, 2.24) is 0 Å². The number of carbonyl (C=O) groups excluding carboxylic acids is 2. The Morgan fingerprint density at radius 2 is 1.15 bits per heavy atom. The summed E-state index contributed by atoms with van der Waals surface area (Å²) in [5, 5.41) is 0. The Labute approximate surface area is 275 Å². The monoisotopic (exact) mass is 639 g/mol. The smallest absolute Gasteiger partial charge is 0.419 e. The molecular weight excluding hydrogens is 598 g/mol. The van der Waals surface area contributed by atoms with Crippen LogP contribution in [-0.2, 0) is 46.4 Å². The molecule has 4 aromatic carbocycles. The SMILES string of the molecule is CC(=O)O[C@H]1[C@H](OCc2ccccc2)[C@@H](OCc2ccccc2)[C@H](OC(C)C)O[C@@H]1COC(=O)N(c1ccccc1)c1ccccc1. The molecule has 0 saturated carbocycles. The number of para-hydroxylation sites is 2. The summed E-state index contributed by atoms with van der Waals surface area (Å²) in [7, 11) is 0. The third-order valence-electron chi connectivity index (χ3n) is 7.45. The lowest BCUT2D eigenvalue weighted by Gasteiger charge is -2.45. The van der Waals surface area contributed by atoms with Crippen LogP contribution in [0.4, 0.5) is 16.2 Å². The molecule has 1 fully saturated rings. The molecule has 1 heterocycles.